The molecule has 0 spiro atoms. The zero-order chi connectivity index (χ0) is 7.56. The average Bonchev–Trinajstić information content (AvgIpc) is 1.94. The van der Waals surface area contributed by atoms with Gasteiger partial charge in [-0.3, -0.25) is 0 Å². The van der Waals surface area contributed by atoms with Crippen molar-refractivity contribution < 1.29 is 13.2 Å². The maximum Gasteiger partial charge on any atom is 0.129 e. The summed E-state index contributed by atoms with van der Waals surface area (Å²) in [6.45, 7) is -0.969. The van der Waals surface area contributed by atoms with Gasteiger partial charge in [0.05, 0.1) is 0 Å². The second-order valence-corrected chi connectivity index (χ2v) is 1.87. The Hall–Kier alpha value is -0.990. The predicted octanol–water partition coefficient (Wildman–Crippen LogP) is 2.43. The van der Waals surface area contributed by atoms with E-state index in [0.717, 1.165) is 18.2 Å². The van der Waals surface area contributed by atoms with Gasteiger partial charge in [-0.25, -0.2) is 13.2 Å². The molecule has 1 aromatic rings. The molecule has 0 aromatic heterocycles. The summed E-state index contributed by atoms with van der Waals surface area (Å²) in [6.07, 6.45) is 0. The van der Waals surface area contributed by atoms with E-state index in [1.165, 1.54) is 0 Å². The lowest BCUT2D eigenvalue weighted by atomic mass is 10.2. The van der Waals surface area contributed by atoms with Crippen LogP contribution in [0.2, 0.25) is 0 Å². The van der Waals surface area contributed by atoms with E-state index < -0.39 is 18.3 Å². The molecule has 0 aliphatic heterocycles. The van der Waals surface area contributed by atoms with Crippen molar-refractivity contribution in [2.45, 2.75) is 6.67 Å². The Morgan fingerprint density at radius 2 is 1.90 bits per heavy atom. The van der Waals surface area contributed by atoms with Gasteiger partial charge in [0, 0.05) is 5.56 Å². The highest BCUT2D eigenvalue weighted by molar-refractivity contribution is 5.17. The number of benzene rings is 1. The summed E-state index contributed by atoms with van der Waals surface area (Å²) in [5.41, 5.74) is -0.236. The Morgan fingerprint density at radius 1 is 1.20 bits per heavy atom. The van der Waals surface area contributed by atoms with Gasteiger partial charge >= 0.3 is 0 Å². The Morgan fingerprint density at radius 3 is 2.40 bits per heavy atom. The van der Waals surface area contributed by atoms with Crippen LogP contribution < -0.4 is 0 Å². The monoisotopic (exact) mass is 146 g/mol. The smallest absolute Gasteiger partial charge is 0.129 e. The Bertz CT molecular complexity index is 232. The number of rotatable bonds is 1. The topological polar surface area (TPSA) is 0 Å². The lowest BCUT2D eigenvalue weighted by Gasteiger charge is -1.95. The lowest BCUT2D eigenvalue weighted by Crippen LogP contribution is -1.86. The van der Waals surface area contributed by atoms with Gasteiger partial charge in [0.2, 0.25) is 0 Å². The molecule has 3 heteroatoms. The first-order valence-corrected chi connectivity index (χ1v) is 2.74. The van der Waals surface area contributed by atoms with E-state index >= 15 is 0 Å². The van der Waals surface area contributed by atoms with Crippen LogP contribution in [0.3, 0.4) is 0 Å². The minimum atomic E-state index is -0.969. The molecular formula is C7H5F3. The molecule has 0 N–H and O–H groups in total. The summed E-state index contributed by atoms with van der Waals surface area (Å²) in [5.74, 6) is -1.32. The van der Waals surface area contributed by atoms with Crippen LogP contribution in [0.4, 0.5) is 13.2 Å². The molecule has 0 amide bonds. The molecule has 0 radical (unpaired) electrons. The zero-order valence-electron chi connectivity index (χ0n) is 5.07. The molecule has 0 saturated carbocycles. The SMILES string of the molecule is FCc1cc(F)ccc1F. The van der Waals surface area contributed by atoms with Crippen molar-refractivity contribution >= 4 is 0 Å². The van der Waals surface area contributed by atoms with E-state index in [1.807, 2.05) is 0 Å². The molecule has 0 aliphatic rings. The number of halogens is 3. The third-order valence-electron chi connectivity index (χ3n) is 1.15. The molecule has 0 nitrogen and oxygen atoms in total. The third kappa shape index (κ3) is 1.29. The predicted molar refractivity (Wildman–Crippen MR) is 31.2 cm³/mol. The van der Waals surface area contributed by atoms with Crippen molar-refractivity contribution in [1.29, 1.82) is 0 Å². The molecule has 0 bridgehead atoms. The normalized spacial score (nSPS) is 9.90. The molecule has 10 heavy (non-hydrogen) atoms. The summed E-state index contributed by atoms with van der Waals surface area (Å²) >= 11 is 0. The molecule has 1 rings (SSSR count). The summed E-state index contributed by atoms with van der Waals surface area (Å²) in [6, 6.07) is 2.70. The fourth-order valence-corrected chi connectivity index (χ4v) is 0.646. The van der Waals surface area contributed by atoms with Gasteiger partial charge in [0.25, 0.3) is 0 Å². The lowest BCUT2D eigenvalue weighted by molar-refractivity contribution is 0.460. The molecule has 0 heterocycles. The summed E-state index contributed by atoms with van der Waals surface area (Å²) in [4.78, 5) is 0. The van der Waals surface area contributed by atoms with Gasteiger partial charge in [0.15, 0.2) is 0 Å². The summed E-state index contributed by atoms with van der Waals surface area (Å²) in [5, 5.41) is 0. The molecule has 0 unspecified atom stereocenters. The minimum Gasteiger partial charge on any atom is -0.246 e. The highest BCUT2D eigenvalue weighted by Crippen LogP contribution is 2.09. The molecule has 1 aromatic carbocycles. The summed E-state index contributed by atoms with van der Waals surface area (Å²) in [7, 11) is 0. The van der Waals surface area contributed by atoms with E-state index in [0.29, 0.717) is 0 Å². The average molecular weight is 146 g/mol. The van der Waals surface area contributed by atoms with Crippen molar-refractivity contribution in [1.82, 2.24) is 0 Å². The maximum absolute atomic E-state index is 12.4. The van der Waals surface area contributed by atoms with Crippen molar-refractivity contribution in [2.75, 3.05) is 0 Å². The standard InChI is InChI=1S/C7H5F3/c8-4-5-3-6(9)1-2-7(5)10/h1-3H,4H2. The first kappa shape index (κ1) is 7.12. The Kier molecular flexibility index (Phi) is 1.94. The fourth-order valence-electron chi connectivity index (χ4n) is 0.646. The first-order valence-electron chi connectivity index (χ1n) is 2.74. The quantitative estimate of drug-likeness (QED) is 0.570. The highest BCUT2D eigenvalue weighted by Gasteiger charge is 2.01. The highest BCUT2D eigenvalue weighted by atomic mass is 19.1. The number of hydrogen-bond donors (Lipinski definition) is 0. The minimum absolute atomic E-state index is 0.236. The van der Waals surface area contributed by atoms with E-state index in [-0.39, 0.29) is 5.56 Å². The largest absolute Gasteiger partial charge is 0.246 e. The van der Waals surface area contributed by atoms with Crippen LogP contribution in [0.25, 0.3) is 0 Å². The van der Waals surface area contributed by atoms with Crippen LogP contribution in [0.15, 0.2) is 18.2 Å². The Labute approximate surface area is 56.3 Å². The number of hydrogen-bond acceptors (Lipinski definition) is 0. The van der Waals surface area contributed by atoms with E-state index in [9.17, 15) is 13.2 Å². The van der Waals surface area contributed by atoms with E-state index in [2.05, 4.69) is 0 Å². The van der Waals surface area contributed by atoms with E-state index in [4.69, 9.17) is 0 Å². The van der Waals surface area contributed by atoms with Gasteiger partial charge in [0.1, 0.15) is 18.3 Å². The van der Waals surface area contributed by atoms with Crippen LogP contribution in [0.1, 0.15) is 5.56 Å². The molecule has 0 saturated heterocycles. The molecule has 0 atom stereocenters. The van der Waals surface area contributed by atoms with Crippen LogP contribution in [-0.4, -0.2) is 0 Å². The molecule has 0 aliphatic carbocycles. The second-order valence-electron chi connectivity index (χ2n) is 1.87. The Balaban J connectivity index is 3.09. The van der Waals surface area contributed by atoms with Crippen LogP contribution in [-0.2, 0) is 6.67 Å². The first-order chi connectivity index (χ1) is 4.74. The van der Waals surface area contributed by atoms with Crippen LogP contribution in [0.5, 0.6) is 0 Å². The fraction of sp³-hybridized carbons (Fsp3) is 0.143. The second kappa shape index (κ2) is 2.73. The van der Waals surface area contributed by atoms with Crippen molar-refractivity contribution in [3.05, 3.63) is 35.4 Å². The maximum atomic E-state index is 12.4. The summed E-state index contributed by atoms with van der Waals surface area (Å²) < 4.78 is 36.3. The van der Waals surface area contributed by atoms with Crippen molar-refractivity contribution in [3.63, 3.8) is 0 Å². The van der Waals surface area contributed by atoms with Gasteiger partial charge in [-0.2, -0.15) is 0 Å². The molecular weight excluding hydrogens is 141 g/mol. The van der Waals surface area contributed by atoms with Gasteiger partial charge in [-0.15, -0.1) is 0 Å². The van der Waals surface area contributed by atoms with Crippen molar-refractivity contribution in [2.24, 2.45) is 0 Å². The van der Waals surface area contributed by atoms with Gasteiger partial charge in [-0.05, 0) is 18.2 Å². The van der Waals surface area contributed by atoms with Crippen LogP contribution >= 0.6 is 0 Å². The molecule has 54 valence electrons. The molecule has 0 fully saturated rings. The zero-order valence-corrected chi connectivity index (χ0v) is 5.07. The van der Waals surface area contributed by atoms with Gasteiger partial charge < -0.3 is 0 Å². The third-order valence-corrected chi connectivity index (χ3v) is 1.15. The van der Waals surface area contributed by atoms with E-state index in [1.54, 1.807) is 0 Å². The van der Waals surface area contributed by atoms with Crippen molar-refractivity contribution in [3.8, 4) is 0 Å². The van der Waals surface area contributed by atoms with Gasteiger partial charge in [-0.1, -0.05) is 0 Å². The van der Waals surface area contributed by atoms with Crippen LogP contribution in [0, 0.1) is 11.6 Å². The number of alkyl halides is 1.